The Bertz CT molecular complexity index is 425. The average molecular weight is 439 g/mol. The van der Waals surface area contributed by atoms with Gasteiger partial charge in [-0.05, 0) is 12.8 Å². The van der Waals surface area contributed by atoms with E-state index in [0.29, 0.717) is 6.42 Å². The minimum Gasteiger partial charge on any atom is -1.00 e. The molecule has 11 heteroatoms. The number of aliphatic hydroxyl groups excluding tert-OH is 8. The van der Waals surface area contributed by atoms with E-state index >= 15 is 0 Å². The fourth-order valence-corrected chi connectivity index (χ4v) is 2.86. The van der Waals surface area contributed by atoms with Gasteiger partial charge in [0.2, 0.25) is 0 Å². The van der Waals surface area contributed by atoms with Crippen molar-refractivity contribution in [3.8, 4) is 0 Å². The van der Waals surface area contributed by atoms with E-state index in [1.807, 2.05) is 0 Å². The molecule has 0 fully saturated rings. The molecule has 9 N–H and O–H groups in total. The van der Waals surface area contributed by atoms with Crippen LogP contribution in [0.1, 0.15) is 60.6 Å². The van der Waals surface area contributed by atoms with Crippen molar-refractivity contribution in [2.24, 2.45) is 0 Å². The molecule has 7 atom stereocenters. The summed E-state index contributed by atoms with van der Waals surface area (Å²) >= 11 is 0. The van der Waals surface area contributed by atoms with Crippen LogP contribution in [0.3, 0.4) is 0 Å². The van der Waals surface area contributed by atoms with Crippen molar-refractivity contribution in [3.63, 3.8) is 0 Å². The summed E-state index contributed by atoms with van der Waals surface area (Å²) in [6, 6.07) is 0. The van der Waals surface area contributed by atoms with E-state index in [4.69, 9.17) is 15.3 Å². The Hall–Kier alpha value is -0.0838. The maximum atomic E-state index is 10.6. The van der Waals surface area contributed by atoms with Crippen LogP contribution in [0.2, 0.25) is 0 Å². The summed E-state index contributed by atoms with van der Waals surface area (Å²) in [4.78, 5) is 10.6. The number of carboxylic acids is 1. The fourth-order valence-electron chi connectivity index (χ4n) is 2.86. The van der Waals surface area contributed by atoms with Crippen molar-refractivity contribution in [2.45, 2.75) is 101 Å². The van der Waals surface area contributed by atoms with E-state index in [2.05, 4.69) is 0 Å². The Morgan fingerprint density at radius 2 is 1.00 bits per heavy atom. The average Bonchev–Trinajstić information content (AvgIpc) is 2.68. The van der Waals surface area contributed by atoms with Crippen molar-refractivity contribution in [2.75, 3.05) is 6.61 Å². The molecule has 0 bridgehead atoms. The van der Waals surface area contributed by atoms with E-state index in [0.717, 1.165) is 44.9 Å². The zero-order chi connectivity index (χ0) is 21.7. The van der Waals surface area contributed by atoms with Crippen molar-refractivity contribution in [1.29, 1.82) is 0 Å². The summed E-state index contributed by atoms with van der Waals surface area (Å²) in [5.74, 6) is -1.83. The molecular weight excluding hydrogens is 400 g/mol. The van der Waals surface area contributed by atoms with Crippen LogP contribution in [0.25, 0.3) is 0 Å². The minimum atomic E-state index is -2.39. The van der Waals surface area contributed by atoms with Crippen molar-refractivity contribution in [1.82, 2.24) is 0 Å². The molecule has 0 amide bonds. The first-order chi connectivity index (χ1) is 13.1. The summed E-state index contributed by atoms with van der Waals surface area (Å²) in [6.07, 6.45) is -6.98. The number of rotatable bonds is 17. The van der Waals surface area contributed by atoms with Gasteiger partial charge in [-0.2, -0.15) is 0 Å². The zero-order valence-electron chi connectivity index (χ0n) is 18.8. The Morgan fingerprint density at radius 1 is 0.621 bits per heavy atom. The third-order valence-electron chi connectivity index (χ3n) is 4.78. The predicted molar refractivity (Wildman–Crippen MR) is 106 cm³/mol. The van der Waals surface area contributed by atoms with Crippen LogP contribution in [-0.4, -0.2) is 124 Å². The molecule has 0 aliphatic heterocycles. The predicted octanol–water partition coefficient (Wildman–Crippen LogP) is -2.06. The Kier molecular flexibility index (Phi) is 18.9. The molecule has 0 saturated heterocycles. The number of carbonyl (C=O) groups is 1. The van der Waals surface area contributed by atoms with E-state index in [1.165, 1.54) is 0 Å². The molecule has 0 radical (unpaired) electrons. The smallest absolute Gasteiger partial charge is 1.00 e. The summed E-state index contributed by atoms with van der Waals surface area (Å²) in [7, 11) is 0. The largest absolute Gasteiger partial charge is 2.00 e. The summed E-state index contributed by atoms with van der Waals surface area (Å²) < 4.78 is 0. The van der Waals surface area contributed by atoms with Gasteiger partial charge in [-0.3, -0.25) is 0 Å². The van der Waals surface area contributed by atoms with Crippen molar-refractivity contribution >= 4 is 29.0 Å². The molecule has 172 valence electrons. The second kappa shape index (κ2) is 17.6. The molecule has 0 saturated carbocycles. The second-order valence-corrected chi connectivity index (χ2v) is 7.14. The molecular formula is C18H38MgO10. The summed E-state index contributed by atoms with van der Waals surface area (Å²) in [6.45, 7) is 0.205. The van der Waals surface area contributed by atoms with Gasteiger partial charge in [0.05, 0.1) is 6.10 Å². The van der Waals surface area contributed by atoms with Gasteiger partial charge in [-0.1, -0.05) is 44.9 Å². The molecule has 10 nitrogen and oxygen atoms in total. The van der Waals surface area contributed by atoms with E-state index < -0.39 is 48.7 Å². The molecule has 29 heavy (non-hydrogen) atoms. The summed E-state index contributed by atoms with van der Waals surface area (Å²) in [5, 5.41) is 85.0. The van der Waals surface area contributed by atoms with Gasteiger partial charge in [-0.25, -0.2) is 4.79 Å². The number of aliphatic carboxylic acids is 1. The van der Waals surface area contributed by atoms with Gasteiger partial charge >= 0.3 is 29.0 Å². The number of hydrogen-bond donors (Lipinski definition) is 9. The van der Waals surface area contributed by atoms with Gasteiger partial charge in [-0.15, -0.1) is 0 Å². The van der Waals surface area contributed by atoms with Crippen LogP contribution < -0.4 is 0 Å². The molecule has 7 unspecified atom stereocenters. The molecule has 0 aromatic rings. The van der Waals surface area contributed by atoms with Gasteiger partial charge in [0.15, 0.2) is 6.10 Å². The molecule has 0 aliphatic carbocycles. The van der Waals surface area contributed by atoms with Gasteiger partial charge in [0, 0.05) is 6.61 Å². The topological polar surface area (TPSA) is 199 Å². The number of hydrogen-bond acceptors (Lipinski definition) is 9. The van der Waals surface area contributed by atoms with E-state index in [1.54, 1.807) is 0 Å². The molecule has 0 aliphatic rings. The zero-order valence-corrected chi connectivity index (χ0v) is 18.2. The second-order valence-electron chi connectivity index (χ2n) is 7.14. The van der Waals surface area contributed by atoms with Crippen LogP contribution in [-0.2, 0) is 4.79 Å². The maximum Gasteiger partial charge on any atom is 2.00 e. The first-order valence-electron chi connectivity index (χ1n) is 9.75. The van der Waals surface area contributed by atoms with Crippen molar-refractivity contribution in [3.05, 3.63) is 0 Å². The van der Waals surface area contributed by atoms with Crippen molar-refractivity contribution < 1.29 is 53.6 Å². The molecule has 0 rings (SSSR count). The van der Waals surface area contributed by atoms with Crippen LogP contribution in [0, 0.1) is 0 Å². The van der Waals surface area contributed by atoms with Crippen LogP contribution in [0.5, 0.6) is 0 Å². The summed E-state index contributed by atoms with van der Waals surface area (Å²) in [5.41, 5.74) is 0. The van der Waals surface area contributed by atoms with Crippen LogP contribution in [0.4, 0.5) is 0 Å². The molecule has 0 heterocycles. The molecule has 0 aromatic heterocycles. The Balaban J connectivity index is -0.00000121. The van der Waals surface area contributed by atoms with Gasteiger partial charge in [0.25, 0.3) is 0 Å². The van der Waals surface area contributed by atoms with E-state index in [-0.39, 0.29) is 38.9 Å². The minimum absolute atomic E-state index is 0. The Labute approximate surface area is 189 Å². The third-order valence-corrected chi connectivity index (χ3v) is 4.78. The number of carboxylic acid groups (broad SMARTS) is 1. The first kappa shape index (κ1) is 31.1. The maximum absolute atomic E-state index is 10.6. The quantitative estimate of drug-likeness (QED) is 0.0898. The van der Waals surface area contributed by atoms with E-state index in [9.17, 15) is 35.4 Å². The normalized spacial score (nSPS) is 18.8. The third kappa shape index (κ3) is 12.4. The standard InChI is InChI=1S/C18H36O10.Mg.2H/c19-10-8-6-4-2-1-3-5-7-9-11(20)12(21)13(22)14(23)15(24)16(25)17(26)18(27)28;;;/h11-17,19-26H,1-10H2,(H,27,28);;;/q;+2;2*-1. The Morgan fingerprint density at radius 3 is 1.45 bits per heavy atom. The van der Waals surface area contributed by atoms with Crippen LogP contribution in [0.15, 0.2) is 0 Å². The SMILES string of the molecule is O=C(O)C(O)C(O)C(O)C(O)C(O)C(O)C(O)CCCCCCCCCCO.[H-].[H-].[Mg+2]. The number of unbranched alkanes of at least 4 members (excludes halogenated alkanes) is 7. The number of aliphatic hydroxyl groups is 8. The van der Waals surface area contributed by atoms with Crippen LogP contribution >= 0.6 is 0 Å². The van der Waals surface area contributed by atoms with Gasteiger partial charge in [0.1, 0.15) is 30.5 Å². The van der Waals surface area contributed by atoms with Gasteiger partial charge < -0.3 is 48.8 Å². The first-order valence-corrected chi connectivity index (χ1v) is 9.75. The fraction of sp³-hybridized carbons (Fsp3) is 0.944. The molecule has 0 aromatic carbocycles. The molecule has 0 spiro atoms. The monoisotopic (exact) mass is 438 g/mol.